The Hall–Kier alpha value is -1.38. The quantitative estimate of drug-likeness (QED) is 0.483. The molecule has 0 aliphatic heterocycles. The number of Topliss-reactive ketones (excluding diaryl/α,β-unsaturated/α-hetero) is 1. The van der Waals surface area contributed by atoms with Crippen molar-refractivity contribution in [3.63, 3.8) is 0 Å². The lowest BCUT2D eigenvalue weighted by molar-refractivity contribution is -0.148. The van der Waals surface area contributed by atoms with E-state index in [9.17, 15) is 9.59 Å². The van der Waals surface area contributed by atoms with Gasteiger partial charge in [0.05, 0.1) is 0 Å². The molecule has 0 radical (unpaired) electrons. The van der Waals surface area contributed by atoms with E-state index in [1.165, 1.54) is 24.5 Å². The van der Waals surface area contributed by atoms with Gasteiger partial charge in [0.15, 0.2) is 5.78 Å². The summed E-state index contributed by atoms with van der Waals surface area (Å²) in [6.45, 7) is 10.3. The van der Waals surface area contributed by atoms with Crippen LogP contribution < -0.4 is 0 Å². The van der Waals surface area contributed by atoms with Crippen LogP contribution >= 0.6 is 0 Å². The standard InChI is InChI=1S/C24H34O3/c1-14-12-21-19-7-6-17-13-18(27-16(3)26)8-10-23(17,4)20(19)9-11-24(21,5)22(14)15(2)25/h6,18-21H,7-13H2,1-5H3/t18-,19-,20+,21+,23-,24+/m0/s1. The molecular formula is C24H34O3. The van der Waals surface area contributed by atoms with Gasteiger partial charge in [-0.05, 0) is 86.5 Å². The van der Waals surface area contributed by atoms with Gasteiger partial charge in [0.1, 0.15) is 6.10 Å². The summed E-state index contributed by atoms with van der Waals surface area (Å²) < 4.78 is 5.54. The normalized spacial score (nSPS) is 43.4. The van der Waals surface area contributed by atoms with Crippen molar-refractivity contribution in [3.8, 4) is 0 Å². The summed E-state index contributed by atoms with van der Waals surface area (Å²) in [5.41, 5.74) is 4.33. The molecule has 27 heavy (non-hydrogen) atoms. The average Bonchev–Trinajstić information content (AvgIpc) is 2.85. The van der Waals surface area contributed by atoms with E-state index >= 15 is 0 Å². The first kappa shape index (κ1) is 19.0. The van der Waals surface area contributed by atoms with Crippen molar-refractivity contribution in [2.45, 2.75) is 85.7 Å². The van der Waals surface area contributed by atoms with Crippen molar-refractivity contribution in [2.75, 3.05) is 0 Å². The Labute approximate surface area is 163 Å². The SMILES string of the molecule is CC(=O)O[C@H]1CC[C@@]2(C)C(=CC[C@H]3[C@H]2CC[C@@]2(C)C(C(C)=O)=C(C)C[C@H]32)C1. The fourth-order valence-corrected chi connectivity index (χ4v) is 7.59. The second-order valence-corrected chi connectivity index (χ2v) is 10.1. The molecule has 0 saturated heterocycles. The van der Waals surface area contributed by atoms with Crippen LogP contribution in [0.25, 0.3) is 0 Å². The predicted octanol–water partition coefficient (Wildman–Crippen LogP) is 5.40. The number of carbonyl (C=O) groups is 2. The van der Waals surface area contributed by atoms with Crippen molar-refractivity contribution in [2.24, 2.45) is 28.6 Å². The van der Waals surface area contributed by atoms with Gasteiger partial charge in [-0.25, -0.2) is 0 Å². The van der Waals surface area contributed by atoms with Crippen LogP contribution in [0.15, 0.2) is 22.8 Å². The van der Waals surface area contributed by atoms with E-state index in [2.05, 4.69) is 26.8 Å². The average molecular weight is 371 g/mol. The zero-order valence-electron chi connectivity index (χ0n) is 17.6. The number of ketones is 1. The number of fused-ring (bicyclic) bond motifs is 5. The van der Waals surface area contributed by atoms with Crippen LogP contribution in [-0.2, 0) is 14.3 Å². The number of esters is 1. The summed E-state index contributed by atoms with van der Waals surface area (Å²) in [6, 6.07) is 0. The second-order valence-electron chi connectivity index (χ2n) is 10.1. The Kier molecular flexibility index (Phi) is 4.44. The Morgan fingerprint density at radius 3 is 2.41 bits per heavy atom. The minimum Gasteiger partial charge on any atom is -0.462 e. The molecule has 4 aliphatic carbocycles. The molecule has 0 aromatic rings. The third kappa shape index (κ3) is 2.76. The molecule has 0 heterocycles. The van der Waals surface area contributed by atoms with Crippen LogP contribution in [0.4, 0.5) is 0 Å². The molecule has 0 aromatic carbocycles. The van der Waals surface area contributed by atoms with Crippen LogP contribution in [-0.4, -0.2) is 17.9 Å². The molecule has 0 bridgehead atoms. The zero-order chi connectivity index (χ0) is 19.6. The van der Waals surface area contributed by atoms with Crippen LogP contribution in [0, 0.1) is 28.6 Å². The predicted molar refractivity (Wildman–Crippen MR) is 106 cm³/mol. The van der Waals surface area contributed by atoms with E-state index in [0.717, 1.165) is 44.1 Å². The first-order valence-electron chi connectivity index (χ1n) is 10.7. The van der Waals surface area contributed by atoms with Gasteiger partial charge in [0, 0.05) is 13.3 Å². The molecule has 0 N–H and O–H groups in total. The highest BCUT2D eigenvalue weighted by Gasteiger charge is 2.58. The Morgan fingerprint density at radius 1 is 1.04 bits per heavy atom. The maximum Gasteiger partial charge on any atom is 0.302 e. The summed E-state index contributed by atoms with van der Waals surface area (Å²) in [7, 11) is 0. The van der Waals surface area contributed by atoms with Crippen molar-refractivity contribution in [1.82, 2.24) is 0 Å². The molecule has 148 valence electrons. The van der Waals surface area contributed by atoms with Crippen molar-refractivity contribution >= 4 is 11.8 Å². The number of allylic oxidation sites excluding steroid dienone is 3. The largest absolute Gasteiger partial charge is 0.462 e. The maximum absolute atomic E-state index is 12.4. The number of rotatable bonds is 2. The molecule has 0 aromatic heterocycles. The summed E-state index contributed by atoms with van der Waals surface area (Å²) >= 11 is 0. The van der Waals surface area contributed by atoms with E-state index < -0.39 is 0 Å². The van der Waals surface area contributed by atoms with Gasteiger partial charge in [0.25, 0.3) is 0 Å². The lowest BCUT2D eigenvalue weighted by Crippen LogP contribution is -2.50. The van der Waals surface area contributed by atoms with Crippen molar-refractivity contribution in [1.29, 1.82) is 0 Å². The molecule has 0 spiro atoms. The number of ether oxygens (including phenoxy) is 1. The third-order valence-electron chi connectivity index (χ3n) is 8.66. The molecule has 2 fully saturated rings. The Balaban J connectivity index is 1.62. The smallest absolute Gasteiger partial charge is 0.302 e. The van der Waals surface area contributed by atoms with E-state index in [-0.39, 0.29) is 28.7 Å². The topological polar surface area (TPSA) is 43.4 Å². The van der Waals surface area contributed by atoms with Gasteiger partial charge in [0.2, 0.25) is 0 Å². The molecule has 4 aliphatic rings. The summed E-state index contributed by atoms with van der Waals surface area (Å²) in [4.78, 5) is 23.8. The fraction of sp³-hybridized carbons (Fsp3) is 0.750. The lowest BCUT2D eigenvalue weighted by atomic mass is 9.47. The van der Waals surface area contributed by atoms with E-state index in [4.69, 9.17) is 4.74 Å². The van der Waals surface area contributed by atoms with Crippen LogP contribution in [0.5, 0.6) is 0 Å². The van der Waals surface area contributed by atoms with Gasteiger partial charge in [-0.2, -0.15) is 0 Å². The molecular weight excluding hydrogens is 336 g/mol. The monoisotopic (exact) mass is 370 g/mol. The van der Waals surface area contributed by atoms with Crippen LogP contribution in [0.2, 0.25) is 0 Å². The molecule has 6 atom stereocenters. The number of hydrogen-bond donors (Lipinski definition) is 0. The van der Waals surface area contributed by atoms with Gasteiger partial charge in [-0.15, -0.1) is 0 Å². The van der Waals surface area contributed by atoms with Gasteiger partial charge in [-0.3, -0.25) is 9.59 Å². The molecule has 0 unspecified atom stereocenters. The van der Waals surface area contributed by atoms with E-state index in [1.54, 1.807) is 6.92 Å². The molecule has 2 saturated carbocycles. The summed E-state index contributed by atoms with van der Waals surface area (Å²) in [5, 5.41) is 0. The van der Waals surface area contributed by atoms with Crippen LogP contribution in [0.3, 0.4) is 0 Å². The molecule has 3 nitrogen and oxygen atoms in total. The van der Waals surface area contributed by atoms with E-state index in [0.29, 0.717) is 17.8 Å². The van der Waals surface area contributed by atoms with Gasteiger partial charge in [-0.1, -0.05) is 31.1 Å². The van der Waals surface area contributed by atoms with Gasteiger partial charge < -0.3 is 4.74 Å². The first-order chi connectivity index (χ1) is 12.7. The highest BCUT2D eigenvalue weighted by molar-refractivity contribution is 5.96. The molecule has 4 rings (SSSR count). The van der Waals surface area contributed by atoms with E-state index in [1.807, 2.05) is 0 Å². The number of carbonyl (C=O) groups excluding carboxylic acids is 2. The van der Waals surface area contributed by atoms with Crippen LogP contribution in [0.1, 0.15) is 79.6 Å². The molecule has 0 amide bonds. The maximum atomic E-state index is 12.4. The lowest BCUT2D eigenvalue weighted by Gasteiger charge is -2.57. The van der Waals surface area contributed by atoms with Crippen molar-refractivity contribution < 1.29 is 14.3 Å². The minimum absolute atomic E-state index is 0.0620. The first-order valence-corrected chi connectivity index (χ1v) is 10.7. The van der Waals surface area contributed by atoms with Crippen molar-refractivity contribution in [3.05, 3.63) is 22.8 Å². The van der Waals surface area contributed by atoms with Gasteiger partial charge >= 0.3 is 5.97 Å². The fourth-order valence-electron chi connectivity index (χ4n) is 7.59. The Morgan fingerprint density at radius 2 is 1.74 bits per heavy atom. The number of hydrogen-bond acceptors (Lipinski definition) is 3. The minimum atomic E-state index is -0.157. The summed E-state index contributed by atoms with van der Waals surface area (Å²) in [6.07, 6.45) is 10.1. The Bertz CT molecular complexity index is 745. The third-order valence-corrected chi connectivity index (χ3v) is 8.66. The highest BCUT2D eigenvalue weighted by atomic mass is 16.5. The second kappa shape index (κ2) is 6.32. The summed E-state index contributed by atoms with van der Waals surface area (Å²) in [5.74, 6) is 2.12. The molecule has 3 heteroatoms. The zero-order valence-corrected chi connectivity index (χ0v) is 17.6. The highest BCUT2D eigenvalue weighted by Crippen LogP contribution is 2.66.